The number of rotatable bonds is 4. The van der Waals surface area contributed by atoms with E-state index in [0.29, 0.717) is 12.8 Å². The first-order valence-corrected chi connectivity index (χ1v) is 6.85. The molecule has 7 nitrogen and oxygen atoms in total. The Balaban J connectivity index is 2.36. The van der Waals surface area contributed by atoms with Gasteiger partial charge in [-0.1, -0.05) is 0 Å². The molecule has 1 aromatic heterocycles. The van der Waals surface area contributed by atoms with Gasteiger partial charge in [-0.15, -0.1) is 0 Å². The lowest BCUT2D eigenvalue weighted by molar-refractivity contribution is -0.146. The van der Waals surface area contributed by atoms with Crippen molar-refractivity contribution >= 4 is 16.0 Å². The summed E-state index contributed by atoms with van der Waals surface area (Å²) >= 11 is 0. The van der Waals surface area contributed by atoms with Gasteiger partial charge in [-0.25, -0.2) is 17.5 Å². The predicted octanol–water partition coefficient (Wildman–Crippen LogP) is -0.205. The largest absolute Gasteiger partial charge is 0.467 e. The van der Waals surface area contributed by atoms with Crippen LogP contribution in [0.2, 0.25) is 0 Å². The van der Waals surface area contributed by atoms with Gasteiger partial charge < -0.3 is 4.74 Å². The van der Waals surface area contributed by atoms with Gasteiger partial charge in [-0.3, -0.25) is 4.68 Å². The molecule has 0 aromatic carbocycles. The van der Waals surface area contributed by atoms with Gasteiger partial charge >= 0.3 is 5.97 Å². The molecule has 0 atom stereocenters. The van der Waals surface area contributed by atoms with Crippen molar-refractivity contribution in [1.29, 1.82) is 0 Å². The Morgan fingerprint density at radius 3 is 2.56 bits per heavy atom. The summed E-state index contributed by atoms with van der Waals surface area (Å²) in [4.78, 5) is 11.7. The molecule has 0 aliphatic heterocycles. The van der Waals surface area contributed by atoms with Gasteiger partial charge in [-0.2, -0.15) is 5.10 Å². The summed E-state index contributed by atoms with van der Waals surface area (Å²) in [5, 5.41) is 3.98. The summed E-state index contributed by atoms with van der Waals surface area (Å²) < 4.78 is 31.0. The summed E-state index contributed by atoms with van der Waals surface area (Å²) in [6.07, 6.45) is 3.85. The van der Waals surface area contributed by atoms with E-state index < -0.39 is 15.6 Å². The van der Waals surface area contributed by atoms with Crippen LogP contribution in [0.5, 0.6) is 0 Å². The Morgan fingerprint density at radius 2 is 2.11 bits per heavy atom. The Labute approximate surface area is 105 Å². The van der Waals surface area contributed by atoms with E-state index in [0.717, 1.165) is 4.31 Å². The molecular weight excluding hydrogens is 258 g/mol. The maximum Gasteiger partial charge on any atom is 0.333 e. The van der Waals surface area contributed by atoms with Crippen LogP contribution in [0.4, 0.5) is 0 Å². The molecule has 0 bridgehead atoms. The number of hydrogen-bond acceptors (Lipinski definition) is 5. The van der Waals surface area contributed by atoms with Crippen molar-refractivity contribution in [2.45, 2.75) is 23.3 Å². The summed E-state index contributed by atoms with van der Waals surface area (Å²) in [5.41, 5.74) is -0.811. The van der Waals surface area contributed by atoms with E-state index in [1.165, 1.54) is 38.3 Å². The van der Waals surface area contributed by atoms with Crippen LogP contribution in [-0.2, 0) is 25.1 Å². The van der Waals surface area contributed by atoms with Crippen molar-refractivity contribution < 1.29 is 17.9 Å². The molecule has 18 heavy (non-hydrogen) atoms. The van der Waals surface area contributed by atoms with Gasteiger partial charge in [0.1, 0.15) is 4.90 Å². The summed E-state index contributed by atoms with van der Waals surface area (Å²) in [5.74, 6) is -0.389. The van der Waals surface area contributed by atoms with E-state index in [1.54, 1.807) is 0 Å². The highest BCUT2D eigenvalue weighted by Gasteiger charge is 2.54. The molecule has 1 aliphatic rings. The number of aromatic nitrogens is 2. The fourth-order valence-corrected chi connectivity index (χ4v) is 2.55. The maximum atomic E-state index is 11.9. The molecule has 100 valence electrons. The van der Waals surface area contributed by atoms with Crippen molar-refractivity contribution in [3.8, 4) is 0 Å². The van der Waals surface area contributed by atoms with E-state index in [9.17, 15) is 13.2 Å². The smallest absolute Gasteiger partial charge is 0.333 e. The Morgan fingerprint density at radius 1 is 1.50 bits per heavy atom. The van der Waals surface area contributed by atoms with Crippen molar-refractivity contribution in [1.82, 2.24) is 14.1 Å². The van der Waals surface area contributed by atoms with Gasteiger partial charge in [0.15, 0.2) is 5.54 Å². The van der Waals surface area contributed by atoms with Crippen LogP contribution in [0.1, 0.15) is 12.8 Å². The zero-order chi connectivity index (χ0) is 13.6. The molecule has 0 saturated heterocycles. The number of hydrogen-bond donors (Lipinski definition) is 0. The normalized spacial score (nSPS) is 17.8. The Kier molecular flexibility index (Phi) is 2.94. The van der Waals surface area contributed by atoms with Crippen LogP contribution in [0.15, 0.2) is 17.3 Å². The minimum absolute atomic E-state index is 0.0719. The van der Waals surface area contributed by atoms with Crippen LogP contribution in [0.3, 0.4) is 0 Å². The number of nitrogens with zero attached hydrogens (tertiary/aromatic N) is 3. The van der Waals surface area contributed by atoms with Crippen molar-refractivity contribution in [3.05, 3.63) is 12.4 Å². The van der Waals surface area contributed by atoms with Crippen LogP contribution in [0, 0.1) is 0 Å². The van der Waals surface area contributed by atoms with Crippen molar-refractivity contribution in [3.63, 3.8) is 0 Å². The predicted molar refractivity (Wildman–Crippen MR) is 62.3 cm³/mol. The second-order valence-electron chi connectivity index (χ2n) is 4.43. The first-order chi connectivity index (χ1) is 8.34. The molecule has 8 heteroatoms. The molecular formula is C10H15N3O4S. The molecule has 0 N–H and O–H groups in total. The molecule has 0 spiro atoms. The van der Waals surface area contributed by atoms with Crippen LogP contribution >= 0.6 is 0 Å². The fraction of sp³-hybridized carbons (Fsp3) is 0.600. The van der Waals surface area contributed by atoms with Gasteiger partial charge in [-0.05, 0) is 12.8 Å². The third-order valence-corrected chi connectivity index (χ3v) is 4.83. The molecule has 1 heterocycles. The van der Waals surface area contributed by atoms with Crippen molar-refractivity contribution in [2.75, 3.05) is 21.2 Å². The van der Waals surface area contributed by atoms with Crippen LogP contribution in [0.25, 0.3) is 0 Å². The summed E-state index contributed by atoms with van der Waals surface area (Å²) in [7, 11) is 0.674. The number of carbonyl (C=O) groups excluding carboxylic acids is 1. The second-order valence-corrected chi connectivity index (χ2v) is 6.58. The first-order valence-electron chi connectivity index (χ1n) is 5.41. The maximum absolute atomic E-state index is 11.9. The standard InChI is InChI=1S/C10H15N3O4S/c1-12(2)18(15,16)8-6-11-13(7-8)10(4-5-10)9(14)17-3/h6-7H,4-5H2,1-3H3. The first kappa shape index (κ1) is 13.0. The molecule has 1 fully saturated rings. The highest BCUT2D eigenvalue weighted by molar-refractivity contribution is 7.89. The van der Waals surface area contributed by atoms with E-state index in [-0.39, 0.29) is 10.9 Å². The van der Waals surface area contributed by atoms with Gasteiger partial charge in [0.25, 0.3) is 0 Å². The molecule has 1 saturated carbocycles. The Hall–Kier alpha value is -1.41. The summed E-state index contributed by atoms with van der Waals surface area (Å²) in [6, 6.07) is 0. The quantitative estimate of drug-likeness (QED) is 0.709. The zero-order valence-corrected chi connectivity index (χ0v) is 11.3. The number of ether oxygens (including phenoxy) is 1. The van der Waals surface area contributed by atoms with Gasteiger partial charge in [0, 0.05) is 20.3 Å². The number of sulfonamides is 1. The lowest BCUT2D eigenvalue weighted by Gasteiger charge is -2.13. The monoisotopic (exact) mass is 273 g/mol. The molecule has 1 aromatic rings. The lowest BCUT2D eigenvalue weighted by atomic mass is 10.3. The van der Waals surface area contributed by atoms with Crippen LogP contribution in [-0.4, -0.2) is 49.7 Å². The van der Waals surface area contributed by atoms with E-state index in [4.69, 9.17) is 4.74 Å². The number of esters is 1. The SMILES string of the molecule is COC(=O)C1(n2cc(S(=O)(=O)N(C)C)cn2)CC1. The third-order valence-electron chi connectivity index (χ3n) is 3.06. The molecule has 0 radical (unpaired) electrons. The highest BCUT2D eigenvalue weighted by Crippen LogP contribution is 2.44. The van der Waals surface area contributed by atoms with Crippen LogP contribution < -0.4 is 0 Å². The zero-order valence-electron chi connectivity index (χ0n) is 10.5. The highest BCUT2D eigenvalue weighted by atomic mass is 32.2. The van der Waals surface area contributed by atoms with Crippen molar-refractivity contribution in [2.24, 2.45) is 0 Å². The molecule has 1 aliphatic carbocycles. The Bertz CT molecular complexity index is 572. The van der Waals surface area contributed by atoms with E-state index >= 15 is 0 Å². The lowest BCUT2D eigenvalue weighted by Crippen LogP contribution is -2.29. The average Bonchev–Trinajstić information content (AvgIpc) is 2.97. The molecule has 0 amide bonds. The third kappa shape index (κ3) is 1.81. The fourth-order valence-electron chi connectivity index (χ4n) is 1.72. The molecule has 0 unspecified atom stereocenters. The minimum atomic E-state index is -3.52. The summed E-state index contributed by atoms with van der Waals surface area (Å²) in [6.45, 7) is 0. The van der Waals surface area contributed by atoms with E-state index in [1.807, 2.05) is 0 Å². The topological polar surface area (TPSA) is 81.5 Å². The van der Waals surface area contributed by atoms with Gasteiger partial charge in [0.2, 0.25) is 10.0 Å². The molecule has 2 rings (SSSR count). The van der Waals surface area contributed by atoms with Gasteiger partial charge in [0.05, 0.1) is 13.3 Å². The average molecular weight is 273 g/mol. The minimum Gasteiger partial charge on any atom is -0.467 e. The van der Waals surface area contributed by atoms with E-state index in [2.05, 4.69) is 5.10 Å². The number of carbonyl (C=O) groups is 1. The number of methoxy groups -OCH3 is 1. The second kappa shape index (κ2) is 4.06.